The van der Waals surface area contributed by atoms with E-state index in [1.807, 2.05) is 6.92 Å². The lowest BCUT2D eigenvalue weighted by molar-refractivity contribution is -0.132. The number of hydrogen-bond donors (Lipinski definition) is 1. The van der Waals surface area contributed by atoms with Crippen molar-refractivity contribution in [1.82, 2.24) is 10.2 Å². The standard InChI is InChI=1S/C31H24FN3O6S2/c1-16-13-21-14-20(9-12-23(21)41-16)26(36)24-25(18-5-7-19(8-6-18)29(39)40-2)35(28(38)27(24)37)30-33-34-31(43-30)42-15-17-3-10-22(32)11-4-17/h3-12,14,16,25,36H,13,15H2,1-2H3/t16-,25-/m1/s1. The van der Waals surface area contributed by atoms with E-state index in [0.29, 0.717) is 33.4 Å². The van der Waals surface area contributed by atoms with Gasteiger partial charge in [-0.05, 0) is 66.1 Å². The fourth-order valence-corrected chi connectivity index (χ4v) is 6.90. The molecule has 2 aliphatic rings. The van der Waals surface area contributed by atoms with Crippen LogP contribution in [0.4, 0.5) is 9.52 Å². The SMILES string of the molecule is COC(=O)c1ccc([C@@H]2C(=C(O)c3ccc4c(c3)C[C@@H](C)O4)C(=O)C(=O)N2c2nnc(SCc3ccc(F)cc3)s2)cc1. The summed E-state index contributed by atoms with van der Waals surface area (Å²) in [5.41, 5.74) is 2.78. The largest absolute Gasteiger partial charge is 0.507 e. The molecule has 1 aromatic heterocycles. The van der Waals surface area contributed by atoms with Crippen LogP contribution < -0.4 is 9.64 Å². The third-order valence-electron chi connectivity index (χ3n) is 7.14. The van der Waals surface area contributed by atoms with Crippen molar-refractivity contribution in [2.75, 3.05) is 12.0 Å². The maximum atomic E-state index is 13.6. The Morgan fingerprint density at radius 3 is 2.53 bits per heavy atom. The number of benzene rings is 3. The lowest BCUT2D eigenvalue weighted by atomic mass is 9.94. The number of Topliss-reactive ketones (excluding diaryl/α,β-unsaturated/α-hetero) is 1. The van der Waals surface area contributed by atoms with E-state index in [2.05, 4.69) is 10.2 Å². The van der Waals surface area contributed by atoms with Gasteiger partial charge in [0, 0.05) is 17.7 Å². The van der Waals surface area contributed by atoms with E-state index >= 15 is 0 Å². The summed E-state index contributed by atoms with van der Waals surface area (Å²) in [7, 11) is 1.27. The fourth-order valence-electron chi connectivity index (χ4n) is 5.07. The molecular formula is C31H24FN3O6S2. The normalized spacial score (nSPS) is 18.9. The zero-order valence-electron chi connectivity index (χ0n) is 22.9. The molecule has 4 aromatic rings. The Labute approximate surface area is 254 Å². The van der Waals surface area contributed by atoms with E-state index in [4.69, 9.17) is 9.47 Å². The third-order valence-corrected chi connectivity index (χ3v) is 9.27. The maximum Gasteiger partial charge on any atom is 0.337 e. The number of aromatic nitrogens is 2. The lowest BCUT2D eigenvalue weighted by Gasteiger charge is -2.22. The summed E-state index contributed by atoms with van der Waals surface area (Å²) in [5.74, 6) is -1.74. The maximum absolute atomic E-state index is 13.6. The molecule has 218 valence electrons. The molecule has 1 amide bonds. The smallest absolute Gasteiger partial charge is 0.337 e. The van der Waals surface area contributed by atoms with Gasteiger partial charge in [-0.1, -0.05) is 47.4 Å². The zero-order chi connectivity index (χ0) is 30.2. The van der Waals surface area contributed by atoms with E-state index in [1.54, 1.807) is 42.5 Å². The molecule has 9 nitrogen and oxygen atoms in total. The third kappa shape index (κ3) is 5.51. The number of carbonyl (C=O) groups excluding carboxylic acids is 3. The molecule has 1 N–H and O–H groups in total. The summed E-state index contributed by atoms with van der Waals surface area (Å²) < 4.78 is 24.4. The van der Waals surface area contributed by atoms with Gasteiger partial charge >= 0.3 is 11.9 Å². The molecule has 0 bridgehead atoms. The minimum atomic E-state index is -1.04. The monoisotopic (exact) mass is 617 g/mol. The first kappa shape index (κ1) is 28.6. The molecule has 0 spiro atoms. The molecule has 1 saturated heterocycles. The molecule has 0 aliphatic carbocycles. The number of amides is 1. The highest BCUT2D eigenvalue weighted by Gasteiger charge is 2.48. The number of ether oxygens (including phenoxy) is 2. The second kappa shape index (κ2) is 11.6. The van der Waals surface area contributed by atoms with Crippen LogP contribution in [0.2, 0.25) is 0 Å². The molecular weight excluding hydrogens is 593 g/mol. The molecule has 6 rings (SSSR count). The second-order valence-corrected chi connectivity index (χ2v) is 12.2. The van der Waals surface area contributed by atoms with Crippen LogP contribution in [0.25, 0.3) is 5.76 Å². The number of anilines is 1. The van der Waals surface area contributed by atoms with Crippen molar-refractivity contribution >= 4 is 51.6 Å². The second-order valence-electron chi connectivity index (χ2n) is 10.0. The molecule has 0 saturated carbocycles. The summed E-state index contributed by atoms with van der Waals surface area (Å²) in [6.45, 7) is 1.94. The Balaban J connectivity index is 1.39. The quantitative estimate of drug-likeness (QED) is 0.0695. The van der Waals surface area contributed by atoms with Crippen molar-refractivity contribution in [3.63, 3.8) is 0 Å². The van der Waals surface area contributed by atoms with Gasteiger partial charge in [0.25, 0.3) is 5.78 Å². The van der Waals surface area contributed by atoms with E-state index in [-0.39, 0.29) is 33.9 Å². The molecule has 2 aliphatic heterocycles. The van der Waals surface area contributed by atoms with Crippen molar-refractivity contribution in [2.24, 2.45) is 0 Å². The number of hydrogen-bond acceptors (Lipinski definition) is 10. The van der Waals surface area contributed by atoms with Gasteiger partial charge in [-0.3, -0.25) is 14.5 Å². The Morgan fingerprint density at radius 1 is 1.09 bits per heavy atom. The first-order valence-corrected chi connectivity index (χ1v) is 15.0. The van der Waals surface area contributed by atoms with Crippen LogP contribution in [0.1, 0.15) is 45.6 Å². The summed E-state index contributed by atoms with van der Waals surface area (Å²) in [5, 5.41) is 20.1. The van der Waals surface area contributed by atoms with E-state index < -0.39 is 23.7 Å². The van der Waals surface area contributed by atoms with Crippen LogP contribution in [0.5, 0.6) is 5.75 Å². The van der Waals surface area contributed by atoms with Gasteiger partial charge in [-0.15, -0.1) is 10.2 Å². The number of ketones is 1. The van der Waals surface area contributed by atoms with Crippen molar-refractivity contribution in [3.8, 4) is 5.75 Å². The number of aliphatic hydroxyl groups excluding tert-OH is 1. The van der Waals surface area contributed by atoms with Crippen molar-refractivity contribution in [2.45, 2.75) is 35.6 Å². The molecule has 1 fully saturated rings. The number of halogens is 1. The highest BCUT2D eigenvalue weighted by Crippen LogP contribution is 2.44. The van der Waals surface area contributed by atoms with Crippen LogP contribution in [0, 0.1) is 5.82 Å². The topological polar surface area (TPSA) is 119 Å². The number of aliphatic hydroxyl groups is 1. The molecule has 0 unspecified atom stereocenters. The van der Waals surface area contributed by atoms with Crippen molar-refractivity contribution < 1.29 is 33.4 Å². The van der Waals surface area contributed by atoms with E-state index in [9.17, 15) is 23.9 Å². The summed E-state index contributed by atoms with van der Waals surface area (Å²) in [6.07, 6.45) is 0.630. The van der Waals surface area contributed by atoms with Crippen LogP contribution >= 0.6 is 23.1 Å². The van der Waals surface area contributed by atoms with Gasteiger partial charge in [0.1, 0.15) is 23.4 Å². The number of thioether (sulfide) groups is 1. The molecule has 12 heteroatoms. The van der Waals surface area contributed by atoms with Gasteiger partial charge in [-0.2, -0.15) is 0 Å². The summed E-state index contributed by atoms with van der Waals surface area (Å²) in [6, 6.07) is 16.5. The Kier molecular flexibility index (Phi) is 7.72. The Hall–Kier alpha value is -4.55. The average molecular weight is 618 g/mol. The van der Waals surface area contributed by atoms with Gasteiger partial charge in [0.2, 0.25) is 5.13 Å². The predicted octanol–water partition coefficient (Wildman–Crippen LogP) is 5.71. The lowest BCUT2D eigenvalue weighted by Crippen LogP contribution is -2.29. The minimum Gasteiger partial charge on any atom is -0.507 e. The minimum absolute atomic E-state index is 0.0150. The Morgan fingerprint density at radius 2 is 1.81 bits per heavy atom. The molecule has 3 heterocycles. The molecule has 3 aromatic carbocycles. The zero-order valence-corrected chi connectivity index (χ0v) is 24.6. The highest BCUT2D eigenvalue weighted by molar-refractivity contribution is 8.00. The van der Waals surface area contributed by atoms with Crippen LogP contribution in [0.3, 0.4) is 0 Å². The number of fused-ring (bicyclic) bond motifs is 1. The van der Waals surface area contributed by atoms with Crippen molar-refractivity contribution in [3.05, 3.63) is 106 Å². The van der Waals surface area contributed by atoms with Crippen molar-refractivity contribution in [1.29, 1.82) is 0 Å². The van der Waals surface area contributed by atoms with Gasteiger partial charge in [0.05, 0.1) is 24.3 Å². The van der Waals surface area contributed by atoms with E-state index in [0.717, 1.165) is 22.5 Å². The number of carbonyl (C=O) groups is 3. The van der Waals surface area contributed by atoms with Gasteiger partial charge in [-0.25, -0.2) is 9.18 Å². The summed E-state index contributed by atoms with van der Waals surface area (Å²) >= 11 is 2.48. The van der Waals surface area contributed by atoms with Gasteiger partial charge < -0.3 is 14.6 Å². The molecule has 2 atom stereocenters. The number of nitrogens with zero attached hydrogens (tertiary/aromatic N) is 3. The first-order valence-electron chi connectivity index (χ1n) is 13.2. The summed E-state index contributed by atoms with van der Waals surface area (Å²) in [4.78, 5) is 40.4. The molecule has 0 radical (unpaired) electrons. The van der Waals surface area contributed by atoms with Crippen LogP contribution in [-0.4, -0.2) is 46.2 Å². The van der Waals surface area contributed by atoms with Gasteiger partial charge in [0.15, 0.2) is 4.34 Å². The first-order chi connectivity index (χ1) is 20.7. The Bertz CT molecular complexity index is 1770. The fraction of sp³-hybridized carbons (Fsp3) is 0.194. The number of rotatable bonds is 7. The predicted molar refractivity (Wildman–Crippen MR) is 159 cm³/mol. The molecule has 43 heavy (non-hydrogen) atoms. The average Bonchev–Trinajstić information content (AvgIpc) is 3.71. The van der Waals surface area contributed by atoms with E-state index in [1.165, 1.54) is 48.0 Å². The number of methoxy groups -OCH3 is 1. The van der Waals surface area contributed by atoms with Crippen LogP contribution in [0.15, 0.2) is 76.6 Å². The number of esters is 1. The van der Waals surface area contributed by atoms with Crippen LogP contribution in [-0.2, 0) is 26.5 Å². The highest BCUT2D eigenvalue weighted by atomic mass is 32.2.